The Morgan fingerprint density at radius 2 is 1.69 bits per heavy atom. The van der Waals surface area contributed by atoms with Crippen LogP contribution in [0, 0.1) is 5.92 Å². The molecule has 1 atom stereocenters. The lowest BCUT2D eigenvalue weighted by atomic mass is 9.79. The molecule has 1 aliphatic carbocycles. The van der Waals surface area contributed by atoms with E-state index in [2.05, 4.69) is 6.58 Å². The predicted octanol–water partition coefficient (Wildman–Crippen LogP) is 1.83. The lowest BCUT2D eigenvalue weighted by Gasteiger charge is -2.19. The molecule has 0 amide bonds. The van der Waals surface area contributed by atoms with Gasteiger partial charge in [-0.25, -0.2) is 0 Å². The lowest BCUT2D eigenvalue weighted by molar-refractivity contribution is -0.117. The van der Waals surface area contributed by atoms with Crippen molar-refractivity contribution in [3.05, 3.63) is 48.0 Å². The molecule has 0 fully saturated rings. The van der Waals surface area contributed by atoms with Gasteiger partial charge < -0.3 is 0 Å². The largest absolute Gasteiger partial charge is 0.293 e. The summed E-state index contributed by atoms with van der Waals surface area (Å²) in [7, 11) is 0. The van der Waals surface area contributed by atoms with Gasteiger partial charge in [-0.05, 0) is 6.42 Å². The predicted molar refractivity (Wildman–Crippen MR) is 58.4 cm³/mol. The van der Waals surface area contributed by atoms with Gasteiger partial charge in [-0.2, -0.15) is 0 Å². The van der Waals surface area contributed by atoms with E-state index in [-0.39, 0.29) is 17.8 Å². The summed E-state index contributed by atoms with van der Waals surface area (Å²) in [5.74, 6) is -2.34. The first-order valence-electron chi connectivity index (χ1n) is 4.99. The number of ketones is 3. The number of hydrogen-bond acceptors (Lipinski definition) is 3. The smallest absolute Gasteiger partial charge is 0.230 e. The van der Waals surface area contributed by atoms with Gasteiger partial charge in [0.2, 0.25) is 11.6 Å². The highest BCUT2D eigenvalue weighted by Gasteiger charge is 2.38. The molecule has 3 heteroatoms. The van der Waals surface area contributed by atoms with Crippen LogP contribution in [0.4, 0.5) is 0 Å². The summed E-state index contributed by atoms with van der Waals surface area (Å²) in [5.41, 5.74) is 0.566. The van der Waals surface area contributed by atoms with Crippen LogP contribution in [0.25, 0.3) is 0 Å². The number of hydrogen-bond donors (Lipinski definition) is 0. The maximum Gasteiger partial charge on any atom is 0.230 e. The van der Waals surface area contributed by atoms with Crippen LogP contribution in [0.2, 0.25) is 0 Å². The van der Waals surface area contributed by atoms with Crippen molar-refractivity contribution in [2.24, 2.45) is 5.92 Å². The summed E-state index contributed by atoms with van der Waals surface area (Å²) >= 11 is 0. The van der Waals surface area contributed by atoms with Gasteiger partial charge in [0.05, 0.1) is 5.92 Å². The molecule has 80 valence electrons. The number of benzene rings is 1. The van der Waals surface area contributed by atoms with Gasteiger partial charge in [-0.3, -0.25) is 14.4 Å². The number of carbonyl (C=O) groups is 3. The summed E-state index contributed by atoms with van der Waals surface area (Å²) in [6.45, 7) is 3.49. The van der Waals surface area contributed by atoms with Crippen LogP contribution in [-0.4, -0.2) is 17.3 Å². The number of rotatable bonds is 2. The Labute approximate surface area is 92.8 Å². The van der Waals surface area contributed by atoms with Gasteiger partial charge in [0.1, 0.15) is 0 Å². The highest BCUT2D eigenvalue weighted by atomic mass is 16.2. The topological polar surface area (TPSA) is 51.2 Å². The number of carbonyl (C=O) groups excluding carboxylic acids is 3. The van der Waals surface area contributed by atoms with Crippen molar-refractivity contribution in [3.8, 4) is 0 Å². The maximum absolute atomic E-state index is 11.9. The third-order valence-corrected chi connectivity index (χ3v) is 2.70. The summed E-state index contributed by atoms with van der Waals surface area (Å²) in [6.07, 6.45) is 1.71. The zero-order valence-electron chi connectivity index (χ0n) is 8.60. The van der Waals surface area contributed by atoms with Gasteiger partial charge in [0.15, 0.2) is 5.78 Å². The first kappa shape index (κ1) is 10.5. The minimum absolute atomic E-state index is 0.220. The Morgan fingerprint density at radius 3 is 2.31 bits per heavy atom. The van der Waals surface area contributed by atoms with Crippen LogP contribution in [-0.2, 0) is 4.79 Å². The summed E-state index contributed by atoms with van der Waals surface area (Å²) in [4.78, 5) is 35.3. The number of fused-ring (bicyclic) bond motifs is 1. The molecule has 0 heterocycles. The average molecular weight is 214 g/mol. The van der Waals surface area contributed by atoms with Crippen molar-refractivity contribution in [1.82, 2.24) is 0 Å². The molecule has 2 rings (SSSR count). The van der Waals surface area contributed by atoms with E-state index in [1.807, 2.05) is 0 Å². The van der Waals surface area contributed by atoms with Crippen molar-refractivity contribution in [3.63, 3.8) is 0 Å². The zero-order chi connectivity index (χ0) is 11.7. The fourth-order valence-corrected chi connectivity index (χ4v) is 1.87. The van der Waals surface area contributed by atoms with E-state index in [4.69, 9.17) is 0 Å². The van der Waals surface area contributed by atoms with E-state index < -0.39 is 17.5 Å². The molecule has 0 aliphatic heterocycles. The molecule has 0 N–H and O–H groups in total. The first-order chi connectivity index (χ1) is 7.66. The molecule has 1 aromatic carbocycles. The normalized spacial score (nSPS) is 19.5. The SMILES string of the molecule is C=CCC1C(=O)C(=O)c2ccccc2C1=O. The average Bonchev–Trinajstić information content (AvgIpc) is 2.32. The molecular weight excluding hydrogens is 204 g/mol. The molecule has 3 nitrogen and oxygen atoms in total. The second-order valence-electron chi connectivity index (χ2n) is 3.68. The molecular formula is C13H10O3. The molecule has 0 saturated heterocycles. The van der Waals surface area contributed by atoms with Crippen LogP contribution in [0.15, 0.2) is 36.9 Å². The summed E-state index contributed by atoms with van der Waals surface area (Å²) in [5, 5.41) is 0. The number of allylic oxidation sites excluding steroid dienone is 1. The van der Waals surface area contributed by atoms with Crippen LogP contribution in [0.3, 0.4) is 0 Å². The zero-order valence-corrected chi connectivity index (χ0v) is 8.60. The van der Waals surface area contributed by atoms with Crippen molar-refractivity contribution in [2.45, 2.75) is 6.42 Å². The lowest BCUT2D eigenvalue weighted by Crippen LogP contribution is -2.36. The third kappa shape index (κ3) is 1.41. The minimum atomic E-state index is -0.875. The van der Waals surface area contributed by atoms with E-state index in [0.717, 1.165) is 0 Å². The minimum Gasteiger partial charge on any atom is -0.293 e. The second kappa shape index (κ2) is 3.85. The van der Waals surface area contributed by atoms with Crippen molar-refractivity contribution >= 4 is 17.3 Å². The molecule has 0 spiro atoms. The highest BCUT2D eigenvalue weighted by molar-refractivity contribution is 6.51. The Morgan fingerprint density at radius 1 is 1.06 bits per heavy atom. The van der Waals surface area contributed by atoms with Gasteiger partial charge in [-0.15, -0.1) is 6.58 Å². The van der Waals surface area contributed by atoms with Crippen LogP contribution in [0.1, 0.15) is 27.1 Å². The fraction of sp³-hybridized carbons (Fsp3) is 0.154. The van der Waals surface area contributed by atoms with Crippen LogP contribution >= 0.6 is 0 Å². The van der Waals surface area contributed by atoms with Gasteiger partial charge >= 0.3 is 0 Å². The van der Waals surface area contributed by atoms with Crippen molar-refractivity contribution in [1.29, 1.82) is 0 Å². The standard InChI is InChI=1S/C13H10O3/c1-2-5-10-11(14)8-6-3-4-7-9(8)12(15)13(10)16/h2-4,6-7,10H,1,5H2. The molecule has 0 bridgehead atoms. The second-order valence-corrected chi connectivity index (χ2v) is 3.68. The Hall–Kier alpha value is -2.03. The van der Waals surface area contributed by atoms with Crippen LogP contribution < -0.4 is 0 Å². The third-order valence-electron chi connectivity index (χ3n) is 2.70. The molecule has 1 unspecified atom stereocenters. The fourth-order valence-electron chi connectivity index (χ4n) is 1.87. The van der Waals surface area contributed by atoms with E-state index in [9.17, 15) is 14.4 Å². The molecule has 0 radical (unpaired) electrons. The van der Waals surface area contributed by atoms with E-state index >= 15 is 0 Å². The van der Waals surface area contributed by atoms with E-state index in [1.54, 1.807) is 18.2 Å². The molecule has 0 aromatic heterocycles. The number of Topliss-reactive ketones (excluding diaryl/α,β-unsaturated/α-hetero) is 3. The molecule has 0 saturated carbocycles. The van der Waals surface area contributed by atoms with Gasteiger partial charge in [-0.1, -0.05) is 30.3 Å². The van der Waals surface area contributed by atoms with Crippen molar-refractivity contribution < 1.29 is 14.4 Å². The van der Waals surface area contributed by atoms with E-state index in [1.165, 1.54) is 12.1 Å². The van der Waals surface area contributed by atoms with Crippen LogP contribution in [0.5, 0.6) is 0 Å². The molecule has 16 heavy (non-hydrogen) atoms. The summed E-state index contributed by atoms with van der Waals surface area (Å²) < 4.78 is 0. The quantitative estimate of drug-likeness (QED) is 0.428. The Bertz CT molecular complexity index is 500. The molecule has 1 aromatic rings. The maximum atomic E-state index is 11.9. The summed E-state index contributed by atoms with van der Waals surface area (Å²) in [6, 6.07) is 6.42. The van der Waals surface area contributed by atoms with Crippen molar-refractivity contribution in [2.75, 3.05) is 0 Å². The van der Waals surface area contributed by atoms with Gasteiger partial charge in [0, 0.05) is 11.1 Å². The van der Waals surface area contributed by atoms with E-state index in [0.29, 0.717) is 5.56 Å². The van der Waals surface area contributed by atoms with Gasteiger partial charge in [0.25, 0.3) is 0 Å². The highest BCUT2D eigenvalue weighted by Crippen LogP contribution is 2.25. The first-order valence-corrected chi connectivity index (χ1v) is 4.99. The Kier molecular flexibility index (Phi) is 2.52. The molecule has 1 aliphatic rings. The monoisotopic (exact) mass is 214 g/mol. The Balaban J connectivity index is 2.56.